The summed E-state index contributed by atoms with van der Waals surface area (Å²) < 4.78 is 26.4. The van der Waals surface area contributed by atoms with Crippen molar-refractivity contribution in [3.05, 3.63) is 100 Å². The molecule has 2 amide bonds. The van der Waals surface area contributed by atoms with Crippen molar-refractivity contribution in [3.63, 3.8) is 0 Å². The second kappa shape index (κ2) is 14.2. The molecule has 0 bridgehead atoms. The highest BCUT2D eigenvalue weighted by Crippen LogP contribution is 2.25. The molecule has 1 atom stereocenters. The van der Waals surface area contributed by atoms with E-state index in [2.05, 4.69) is 5.32 Å². The summed E-state index contributed by atoms with van der Waals surface area (Å²) in [5, 5.41) is 3.87. The van der Waals surface area contributed by atoms with Crippen LogP contribution in [0.1, 0.15) is 44.7 Å². The number of carbonyl (C=O) groups is 2. The van der Waals surface area contributed by atoms with Gasteiger partial charge in [0.25, 0.3) is 0 Å². The first-order valence-electron chi connectivity index (χ1n) is 13.4. The van der Waals surface area contributed by atoms with Crippen molar-refractivity contribution < 1.29 is 18.0 Å². The van der Waals surface area contributed by atoms with Crippen molar-refractivity contribution in [1.82, 2.24) is 10.2 Å². The van der Waals surface area contributed by atoms with Gasteiger partial charge in [0, 0.05) is 41.5 Å². The number of nitrogens with one attached hydrogen (secondary N) is 1. The first-order valence-corrected chi connectivity index (χ1v) is 16.0. The van der Waals surface area contributed by atoms with Crippen molar-refractivity contribution >= 4 is 50.7 Å². The molecule has 7 nitrogen and oxygen atoms in total. The average molecular weight is 619 g/mol. The van der Waals surface area contributed by atoms with Gasteiger partial charge in [-0.15, -0.1) is 0 Å². The fourth-order valence-corrected chi connectivity index (χ4v) is 5.87. The van der Waals surface area contributed by atoms with Crippen LogP contribution in [0.5, 0.6) is 0 Å². The first kappa shape index (κ1) is 32.4. The highest BCUT2D eigenvalue weighted by molar-refractivity contribution is 7.92. The lowest BCUT2D eigenvalue weighted by Crippen LogP contribution is -2.54. The van der Waals surface area contributed by atoms with Crippen LogP contribution in [0.15, 0.2) is 78.9 Å². The van der Waals surface area contributed by atoms with Crippen LogP contribution in [0.3, 0.4) is 0 Å². The smallest absolute Gasteiger partial charge is 0.243 e. The molecular formula is C31H37Cl2N3O4S. The molecule has 10 heteroatoms. The first-order chi connectivity index (χ1) is 19.2. The van der Waals surface area contributed by atoms with Crippen LogP contribution in [0.25, 0.3) is 0 Å². The monoisotopic (exact) mass is 617 g/mol. The maximum atomic E-state index is 13.9. The molecule has 0 aliphatic heterocycles. The van der Waals surface area contributed by atoms with Crippen LogP contribution in [0.4, 0.5) is 5.69 Å². The van der Waals surface area contributed by atoms with Gasteiger partial charge in [-0.25, -0.2) is 8.42 Å². The second-order valence-electron chi connectivity index (χ2n) is 11.0. The van der Waals surface area contributed by atoms with Gasteiger partial charge in [0.1, 0.15) is 6.04 Å². The lowest BCUT2D eigenvalue weighted by Gasteiger charge is -2.34. The van der Waals surface area contributed by atoms with Gasteiger partial charge in [0.2, 0.25) is 21.8 Å². The summed E-state index contributed by atoms with van der Waals surface area (Å²) in [4.78, 5) is 29.1. The number of sulfonamides is 1. The zero-order chi connectivity index (χ0) is 30.2. The lowest BCUT2D eigenvalue weighted by atomic mass is 10.00. The predicted octanol–water partition coefficient (Wildman–Crippen LogP) is 6.09. The van der Waals surface area contributed by atoms with E-state index in [1.807, 2.05) is 57.2 Å². The van der Waals surface area contributed by atoms with Gasteiger partial charge in [0.15, 0.2) is 0 Å². The Labute approximate surface area is 253 Å². The van der Waals surface area contributed by atoms with E-state index in [0.717, 1.165) is 11.8 Å². The molecule has 220 valence electrons. The Morgan fingerprint density at radius 1 is 0.927 bits per heavy atom. The van der Waals surface area contributed by atoms with Crippen molar-refractivity contribution in [2.45, 2.75) is 58.2 Å². The number of benzene rings is 3. The number of rotatable bonds is 12. The lowest BCUT2D eigenvalue weighted by molar-refractivity contribution is -0.142. The molecular weight excluding hydrogens is 581 g/mol. The molecule has 0 spiro atoms. The van der Waals surface area contributed by atoms with Crippen molar-refractivity contribution in [2.24, 2.45) is 0 Å². The molecule has 0 radical (unpaired) electrons. The minimum absolute atomic E-state index is 0.0259. The number of halogens is 2. The zero-order valence-electron chi connectivity index (χ0n) is 23.8. The molecule has 3 aromatic rings. The average Bonchev–Trinajstić information content (AvgIpc) is 2.89. The summed E-state index contributed by atoms with van der Waals surface area (Å²) in [6.07, 6.45) is 1.71. The zero-order valence-corrected chi connectivity index (χ0v) is 26.1. The van der Waals surface area contributed by atoms with Crippen LogP contribution >= 0.6 is 23.2 Å². The summed E-state index contributed by atoms with van der Waals surface area (Å²) in [6.45, 7) is 5.85. The van der Waals surface area contributed by atoms with Gasteiger partial charge in [-0.3, -0.25) is 13.9 Å². The number of hydrogen-bond acceptors (Lipinski definition) is 4. The molecule has 0 aliphatic rings. The molecule has 1 N–H and O–H groups in total. The third-order valence-corrected chi connectivity index (χ3v) is 8.10. The Hall–Kier alpha value is -3.07. The summed E-state index contributed by atoms with van der Waals surface area (Å²) >= 11 is 12.6. The van der Waals surface area contributed by atoms with Gasteiger partial charge in [-0.2, -0.15) is 0 Å². The molecule has 0 aliphatic carbocycles. The van der Waals surface area contributed by atoms with E-state index in [4.69, 9.17) is 23.2 Å². The fourth-order valence-electron chi connectivity index (χ4n) is 4.44. The summed E-state index contributed by atoms with van der Waals surface area (Å²) in [5.41, 5.74) is 1.55. The standard InChI is InChI=1S/C31H37Cl2N3O4S/c1-31(2,3)34-30(38)28(20-23-12-7-5-8-13-23)35(22-24-17-18-25(32)21-27(24)33)29(37)16-11-19-36(41(4,39)40)26-14-9-6-10-15-26/h5-10,12-15,17-18,21,28H,11,16,19-20,22H2,1-4H3,(H,34,38)/t28-/m0/s1. The van der Waals surface area contributed by atoms with E-state index >= 15 is 0 Å². The summed E-state index contributed by atoms with van der Waals surface area (Å²) in [5.74, 6) is -0.579. The topological polar surface area (TPSA) is 86.8 Å². The van der Waals surface area contributed by atoms with Crippen LogP contribution in [-0.2, 0) is 32.6 Å². The van der Waals surface area contributed by atoms with Gasteiger partial charge >= 0.3 is 0 Å². The largest absolute Gasteiger partial charge is 0.350 e. The summed E-state index contributed by atoms with van der Waals surface area (Å²) in [7, 11) is -3.57. The van der Waals surface area contributed by atoms with E-state index in [9.17, 15) is 18.0 Å². The van der Waals surface area contributed by atoms with Gasteiger partial charge < -0.3 is 10.2 Å². The molecule has 3 rings (SSSR count). The number of amides is 2. The van der Waals surface area contributed by atoms with Crippen LogP contribution in [0.2, 0.25) is 10.0 Å². The van der Waals surface area contributed by atoms with Crippen molar-refractivity contribution in [1.29, 1.82) is 0 Å². The van der Waals surface area contributed by atoms with Crippen molar-refractivity contribution in [2.75, 3.05) is 17.1 Å². The van der Waals surface area contributed by atoms with E-state index in [1.165, 1.54) is 9.21 Å². The molecule has 0 unspecified atom stereocenters. The Morgan fingerprint density at radius 2 is 1.54 bits per heavy atom. The molecule has 3 aromatic carbocycles. The van der Waals surface area contributed by atoms with E-state index in [-0.39, 0.29) is 37.7 Å². The molecule has 0 saturated carbocycles. The van der Waals surface area contributed by atoms with Crippen LogP contribution in [0, 0.1) is 0 Å². The van der Waals surface area contributed by atoms with E-state index < -0.39 is 21.6 Å². The van der Waals surface area contributed by atoms with Gasteiger partial charge in [0.05, 0.1) is 11.9 Å². The fraction of sp³-hybridized carbons (Fsp3) is 0.355. The second-order valence-corrected chi connectivity index (χ2v) is 13.7. The quantitative estimate of drug-likeness (QED) is 0.266. The van der Waals surface area contributed by atoms with E-state index in [1.54, 1.807) is 42.5 Å². The third kappa shape index (κ3) is 10.1. The Morgan fingerprint density at radius 3 is 2.10 bits per heavy atom. The minimum Gasteiger partial charge on any atom is -0.350 e. The number of carbonyl (C=O) groups excluding carboxylic acids is 2. The van der Waals surface area contributed by atoms with Gasteiger partial charge in [-0.1, -0.05) is 77.8 Å². The highest BCUT2D eigenvalue weighted by atomic mass is 35.5. The molecule has 0 saturated heterocycles. The van der Waals surface area contributed by atoms with E-state index in [0.29, 0.717) is 27.7 Å². The highest BCUT2D eigenvalue weighted by Gasteiger charge is 2.32. The third-order valence-electron chi connectivity index (χ3n) is 6.32. The Kier molecular flexibility index (Phi) is 11.2. The van der Waals surface area contributed by atoms with Crippen LogP contribution in [-0.4, -0.2) is 49.5 Å². The Balaban J connectivity index is 1.93. The number of anilines is 1. The van der Waals surface area contributed by atoms with Gasteiger partial charge in [-0.05, 0) is 62.6 Å². The minimum atomic E-state index is -3.57. The number of nitrogens with zero attached hydrogens (tertiary/aromatic N) is 2. The summed E-state index contributed by atoms with van der Waals surface area (Å²) in [6, 6.07) is 22.5. The van der Waals surface area contributed by atoms with Crippen LogP contribution < -0.4 is 9.62 Å². The molecule has 0 aromatic heterocycles. The maximum Gasteiger partial charge on any atom is 0.243 e. The maximum absolute atomic E-state index is 13.9. The SMILES string of the molecule is CC(C)(C)NC(=O)[C@H](Cc1ccccc1)N(Cc1ccc(Cl)cc1Cl)C(=O)CCCN(c1ccccc1)S(C)(=O)=O. The molecule has 0 fully saturated rings. The Bertz CT molecular complexity index is 1430. The number of hydrogen-bond donors (Lipinski definition) is 1. The normalized spacial score (nSPS) is 12.4. The number of para-hydroxylation sites is 1. The molecule has 0 heterocycles. The van der Waals surface area contributed by atoms with Crippen molar-refractivity contribution in [3.8, 4) is 0 Å². The predicted molar refractivity (Wildman–Crippen MR) is 167 cm³/mol. The molecule has 41 heavy (non-hydrogen) atoms.